The summed E-state index contributed by atoms with van der Waals surface area (Å²) in [5, 5.41) is 6.79. The Labute approximate surface area is 114 Å². The number of nitrogens with zero attached hydrogens (tertiary/aromatic N) is 1. The van der Waals surface area contributed by atoms with Gasteiger partial charge in [0.1, 0.15) is 0 Å². The van der Waals surface area contributed by atoms with Crippen LogP contribution in [0.15, 0.2) is 41.8 Å². The van der Waals surface area contributed by atoms with Crippen molar-refractivity contribution in [2.45, 2.75) is 13.0 Å². The highest BCUT2D eigenvalue weighted by molar-refractivity contribution is 7.18. The van der Waals surface area contributed by atoms with Crippen molar-refractivity contribution in [2.75, 3.05) is 6.54 Å². The maximum Gasteiger partial charge on any atom is 0.0951 e. The molecule has 3 aromatic rings. The molecule has 2 heterocycles. The number of hydrogen-bond donors (Lipinski definition) is 1. The smallest absolute Gasteiger partial charge is 0.0951 e. The monoisotopic (exact) mass is 274 g/mol. The summed E-state index contributed by atoms with van der Waals surface area (Å²) in [6.45, 7) is 1.94. The van der Waals surface area contributed by atoms with Crippen LogP contribution in [0.2, 0.25) is 0 Å². The van der Waals surface area contributed by atoms with Crippen LogP contribution in [0.4, 0.5) is 0 Å². The summed E-state index contributed by atoms with van der Waals surface area (Å²) in [6, 6.07) is 12.6. The van der Waals surface area contributed by atoms with E-state index in [0.29, 0.717) is 0 Å². The first-order valence-electron chi connectivity index (χ1n) is 5.99. The van der Waals surface area contributed by atoms with Gasteiger partial charge in [0.05, 0.1) is 15.2 Å². The van der Waals surface area contributed by atoms with Gasteiger partial charge in [-0.05, 0) is 23.6 Å². The Morgan fingerprint density at radius 3 is 2.89 bits per heavy atom. The molecule has 0 spiro atoms. The van der Waals surface area contributed by atoms with Gasteiger partial charge in [-0.15, -0.1) is 22.7 Å². The molecule has 0 saturated carbocycles. The maximum atomic E-state index is 4.63. The van der Waals surface area contributed by atoms with E-state index >= 15 is 0 Å². The van der Waals surface area contributed by atoms with E-state index in [4.69, 9.17) is 0 Å². The van der Waals surface area contributed by atoms with Gasteiger partial charge in [0, 0.05) is 24.4 Å². The number of aromatic nitrogens is 1. The zero-order valence-corrected chi connectivity index (χ0v) is 11.6. The van der Waals surface area contributed by atoms with E-state index in [-0.39, 0.29) is 0 Å². The fraction of sp³-hybridized carbons (Fsp3) is 0.214. The Bertz CT molecular complexity index is 581. The lowest BCUT2D eigenvalue weighted by Gasteiger charge is -2.00. The highest BCUT2D eigenvalue weighted by Gasteiger charge is 2.02. The van der Waals surface area contributed by atoms with Crippen LogP contribution in [-0.4, -0.2) is 11.5 Å². The number of para-hydroxylation sites is 1. The first-order chi connectivity index (χ1) is 8.92. The third-order valence-electron chi connectivity index (χ3n) is 2.73. The quantitative estimate of drug-likeness (QED) is 0.718. The largest absolute Gasteiger partial charge is 0.311 e. The standard InChI is InChI=1S/C14H14N2S2/c1-2-6-13-12(5-1)16-14(18-13)7-8-15-10-11-4-3-9-17-11/h1-6,9,15H,7-8,10H2. The summed E-state index contributed by atoms with van der Waals surface area (Å²) in [7, 11) is 0. The van der Waals surface area contributed by atoms with Crippen LogP contribution < -0.4 is 5.32 Å². The summed E-state index contributed by atoms with van der Waals surface area (Å²) in [6.07, 6.45) is 1.00. The first kappa shape index (κ1) is 11.8. The van der Waals surface area contributed by atoms with Gasteiger partial charge in [-0.3, -0.25) is 0 Å². The second-order valence-electron chi connectivity index (χ2n) is 4.08. The lowest BCUT2D eigenvalue weighted by atomic mass is 10.3. The van der Waals surface area contributed by atoms with Crippen LogP contribution in [-0.2, 0) is 13.0 Å². The number of thiophene rings is 1. The molecular formula is C14H14N2S2. The van der Waals surface area contributed by atoms with E-state index in [1.165, 1.54) is 14.6 Å². The summed E-state index contributed by atoms with van der Waals surface area (Å²) >= 11 is 3.59. The fourth-order valence-electron chi connectivity index (χ4n) is 1.85. The van der Waals surface area contributed by atoms with Crippen LogP contribution in [0.25, 0.3) is 10.2 Å². The van der Waals surface area contributed by atoms with Crippen molar-refractivity contribution in [3.8, 4) is 0 Å². The second-order valence-corrected chi connectivity index (χ2v) is 6.23. The fourth-order valence-corrected chi connectivity index (χ4v) is 3.49. The molecule has 0 aliphatic heterocycles. The van der Waals surface area contributed by atoms with Gasteiger partial charge >= 0.3 is 0 Å². The number of nitrogens with one attached hydrogen (secondary N) is 1. The van der Waals surface area contributed by atoms with E-state index in [1.54, 1.807) is 22.7 Å². The Hall–Kier alpha value is -1.23. The van der Waals surface area contributed by atoms with Gasteiger partial charge in [0.25, 0.3) is 0 Å². The normalized spacial score (nSPS) is 11.1. The lowest BCUT2D eigenvalue weighted by molar-refractivity contribution is 0.692. The molecule has 2 aromatic heterocycles. The molecule has 0 fully saturated rings. The number of rotatable bonds is 5. The number of thiazole rings is 1. The van der Waals surface area contributed by atoms with Gasteiger partial charge in [-0.25, -0.2) is 4.98 Å². The molecule has 2 nitrogen and oxygen atoms in total. The molecule has 0 amide bonds. The third-order valence-corrected chi connectivity index (χ3v) is 4.71. The minimum absolute atomic E-state index is 0.961. The van der Waals surface area contributed by atoms with E-state index in [1.807, 2.05) is 6.07 Å². The van der Waals surface area contributed by atoms with Crippen LogP contribution in [0.5, 0.6) is 0 Å². The topological polar surface area (TPSA) is 24.9 Å². The minimum atomic E-state index is 0.961. The molecule has 0 saturated heterocycles. The molecule has 0 radical (unpaired) electrons. The van der Waals surface area contributed by atoms with Crippen LogP contribution >= 0.6 is 22.7 Å². The van der Waals surface area contributed by atoms with Crippen LogP contribution in [0, 0.1) is 0 Å². The van der Waals surface area contributed by atoms with Crippen molar-refractivity contribution in [3.05, 3.63) is 51.7 Å². The predicted molar refractivity (Wildman–Crippen MR) is 79.3 cm³/mol. The first-order valence-corrected chi connectivity index (χ1v) is 7.69. The second kappa shape index (κ2) is 5.61. The van der Waals surface area contributed by atoms with Crippen molar-refractivity contribution in [1.29, 1.82) is 0 Å². The average Bonchev–Trinajstić information content (AvgIpc) is 3.03. The summed E-state index contributed by atoms with van der Waals surface area (Å²) in [5.74, 6) is 0. The molecule has 0 bridgehead atoms. The summed E-state index contributed by atoms with van der Waals surface area (Å²) < 4.78 is 1.28. The highest BCUT2D eigenvalue weighted by Crippen LogP contribution is 2.21. The van der Waals surface area contributed by atoms with Gasteiger partial charge in [-0.1, -0.05) is 18.2 Å². The van der Waals surface area contributed by atoms with E-state index < -0.39 is 0 Å². The molecular weight excluding hydrogens is 260 g/mol. The van der Waals surface area contributed by atoms with Crippen molar-refractivity contribution >= 4 is 32.9 Å². The minimum Gasteiger partial charge on any atom is -0.311 e. The van der Waals surface area contributed by atoms with Crippen molar-refractivity contribution in [3.63, 3.8) is 0 Å². The molecule has 4 heteroatoms. The molecule has 0 aliphatic rings. The molecule has 92 valence electrons. The van der Waals surface area contributed by atoms with Gasteiger partial charge in [-0.2, -0.15) is 0 Å². The van der Waals surface area contributed by atoms with E-state index in [0.717, 1.165) is 25.0 Å². The third kappa shape index (κ3) is 2.77. The van der Waals surface area contributed by atoms with Gasteiger partial charge < -0.3 is 5.32 Å². The van der Waals surface area contributed by atoms with Crippen molar-refractivity contribution in [2.24, 2.45) is 0 Å². The SMILES string of the molecule is c1csc(CNCCc2nc3ccccc3s2)c1. The Morgan fingerprint density at radius 1 is 1.11 bits per heavy atom. The Balaban J connectivity index is 1.53. The lowest BCUT2D eigenvalue weighted by Crippen LogP contribution is -2.15. The van der Waals surface area contributed by atoms with E-state index in [9.17, 15) is 0 Å². The zero-order valence-electron chi connectivity index (χ0n) is 9.93. The van der Waals surface area contributed by atoms with Crippen molar-refractivity contribution < 1.29 is 0 Å². The molecule has 3 rings (SSSR count). The molecule has 0 aliphatic carbocycles. The maximum absolute atomic E-state index is 4.63. The van der Waals surface area contributed by atoms with Crippen LogP contribution in [0.3, 0.4) is 0 Å². The van der Waals surface area contributed by atoms with E-state index in [2.05, 4.69) is 46.0 Å². The van der Waals surface area contributed by atoms with Gasteiger partial charge in [0.2, 0.25) is 0 Å². The zero-order chi connectivity index (χ0) is 12.2. The number of benzene rings is 1. The van der Waals surface area contributed by atoms with Gasteiger partial charge in [0.15, 0.2) is 0 Å². The number of fused-ring (bicyclic) bond motifs is 1. The summed E-state index contributed by atoms with van der Waals surface area (Å²) in [4.78, 5) is 6.02. The number of hydrogen-bond acceptors (Lipinski definition) is 4. The molecule has 0 atom stereocenters. The molecule has 1 N–H and O–H groups in total. The Kier molecular flexibility index (Phi) is 3.69. The molecule has 18 heavy (non-hydrogen) atoms. The molecule has 0 unspecified atom stereocenters. The summed E-state index contributed by atoms with van der Waals surface area (Å²) in [5.41, 5.74) is 1.12. The molecule has 1 aromatic carbocycles. The average molecular weight is 274 g/mol. The van der Waals surface area contributed by atoms with Crippen molar-refractivity contribution in [1.82, 2.24) is 10.3 Å². The highest BCUT2D eigenvalue weighted by atomic mass is 32.1. The van der Waals surface area contributed by atoms with Crippen LogP contribution in [0.1, 0.15) is 9.88 Å². The predicted octanol–water partition coefficient (Wildman–Crippen LogP) is 3.69. The Morgan fingerprint density at radius 2 is 2.06 bits per heavy atom.